The number of hydrogen-bond acceptors (Lipinski definition) is 3. The molecule has 0 spiro atoms. The Kier molecular flexibility index (Phi) is 5.24. The van der Waals surface area contributed by atoms with Crippen molar-refractivity contribution in [1.82, 2.24) is 5.32 Å². The van der Waals surface area contributed by atoms with Crippen molar-refractivity contribution in [3.8, 4) is 0 Å². The van der Waals surface area contributed by atoms with Gasteiger partial charge in [-0.15, -0.1) is 0 Å². The predicted molar refractivity (Wildman–Crippen MR) is 81.8 cm³/mol. The van der Waals surface area contributed by atoms with E-state index in [1.165, 1.54) is 31.0 Å². The highest BCUT2D eigenvalue weighted by Gasteiger charge is 2.19. The normalized spacial score (nSPS) is 17.2. The van der Waals surface area contributed by atoms with Gasteiger partial charge < -0.3 is 5.32 Å². The van der Waals surface area contributed by atoms with Gasteiger partial charge in [-0.2, -0.15) is 0 Å². The zero-order valence-corrected chi connectivity index (χ0v) is 13.2. The van der Waals surface area contributed by atoms with E-state index in [1.54, 1.807) is 0 Å². The van der Waals surface area contributed by atoms with Gasteiger partial charge in [0.25, 0.3) is 5.91 Å². The van der Waals surface area contributed by atoms with Crippen LogP contribution in [0.1, 0.15) is 48.9 Å². The number of benzene rings is 1. The van der Waals surface area contributed by atoms with Crippen LogP contribution in [-0.2, 0) is 10.0 Å². The number of nitrogens with one attached hydrogen (secondary N) is 1. The lowest BCUT2D eigenvalue weighted by Gasteiger charge is -2.16. The van der Waals surface area contributed by atoms with Crippen molar-refractivity contribution in [3.63, 3.8) is 0 Å². The molecule has 116 valence electrons. The minimum atomic E-state index is -3.94. The molecule has 21 heavy (non-hydrogen) atoms. The fourth-order valence-electron chi connectivity index (χ4n) is 2.56. The topological polar surface area (TPSA) is 89.3 Å². The van der Waals surface area contributed by atoms with Crippen LogP contribution in [-0.4, -0.2) is 20.4 Å². The highest BCUT2D eigenvalue weighted by atomic mass is 35.5. The van der Waals surface area contributed by atoms with Crippen LogP contribution < -0.4 is 10.5 Å². The smallest absolute Gasteiger partial charge is 0.251 e. The number of carbonyl (C=O) groups excluding carboxylic acids is 1. The monoisotopic (exact) mass is 330 g/mol. The van der Waals surface area contributed by atoms with Crippen molar-refractivity contribution in [2.24, 2.45) is 5.14 Å². The van der Waals surface area contributed by atoms with Gasteiger partial charge in [-0.1, -0.05) is 37.3 Å². The van der Waals surface area contributed by atoms with Crippen LogP contribution in [0.4, 0.5) is 0 Å². The number of halogens is 1. The third kappa shape index (κ3) is 4.43. The number of nitrogens with two attached hydrogens (primary N) is 1. The van der Waals surface area contributed by atoms with Gasteiger partial charge >= 0.3 is 0 Å². The molecule has 2 rings (SSSR count). The van der Waals surface area contributed by atoms with E-state index in [0.717, 1.165) is 25.7 Å². The minimum absolute atomic E-state index is 0.0171. The van der Waals surface area contributed by atoms with Gasteiger partial charge in [0.05, 0.1) is 5.02 Å². The van der Waals surface area contributed by atoms with E-state index < -0.39 is 10.0 Å². The summed E-state index contributed by atoms with van der Waals surface area (Å²) in [6, 6.07) is 4.25. The minimum Gasteiger partial charge on any atom is -0.349 e. The van der Waals surface area contributed by atoms with Crippen molar-refractivity contribution >= 4 is 27.5 Å². The molecule has 0 radical (unpaired) electrons. The highest BCUT2D eigenvalue weighted by Crippen LogP contribution is 2.22. The summed E-state index contributed by atoms with van der Waals surface area (Å²) in [4.78, 5) is 12.0. The predicted octanol–water partition coefficient (Wildman–Crippen LogP) is 2.44. The zero-order valence-electron chi connectivity index (χ0n) is 11.6. The van der Waals surface area contributed by atoms with E-state index in [4.69, 9.17) is 16.7 Å². The maximum atomic E-state index is 12.2. The largest absolute Gasteiger partial charge is 0.349 e. The van der Waals surface area contributed by atoms with E-state index in [-0.39, 0.29) is 27.4 Å². The Hall–Kier alpha value is -1.11. The Morgan fingerprint density at radius 2 is 1.81 bits per heavy atom. The summed E-state index contributed by atoms with van der Waals surface area (Å²) in [5.74, 6) is -0.288. The van der Waals surface area contributed by atoms with Crippen LogP contribution >= 0.6 is 11.6 Å². The number of carbonyl (C=O) groups is 1. The average molecular weight is 331 g/mol. The lowest BCUT2D eigenvalue weighted by atomic mass is 10.1. The van der Waals surface area contributed by atoms with E-state index in [1.807, 2.05) is 0 Å². The number of sulfonamides is 1. The van der Waals surface area contributed by atoms with Gasteiger partial charge in [-0.05, 0) is 31.0 Å². The molecular weight excluding hydrogens is 312 g/mol. The first kappa shape index (κ1) is 16.3. The summed E-state index contributed by atoms with van der Waals surface area (Å²) in [5, 5.41) is 8.06. The summed E-state index contributed by atoms with van der Waals surface area (Å²) in [6.45, 7) is 0. The summed E-state index contributed by atoms with van der Waals surface area (Å²) < 4.78 is 22.9. The molecular formula is C14H19ClN2O3S. The number of hydrogen-bond donors (Lipinski definition) is 2. The Morgan fingerprint density at radius 3 is 2.38 bits per heavy atom. The molecule has 0 aromatic heterocycles. The average Bonchev–Trinajstić information content (AvgIpc) is 2.66. The summed E-state index contributed by atoms with van der Waals surface area (Å²) in [7, 11) is -3.94. The summed E-state index contributed by atoms with van der Waals surface area (Å²) in [5.41, 5.74) is 0.257. The van der Waals surface area contributed by atoms with Gasteiger partial charge in [0.2, 0.25) is 10.0 Å². The third-order valence-corrected chi connectivity index (χ3v) is 5.08. The molecule has 0 heterocycles. The van der Waals surface area contributed by atoms with Gasteiger partial charge in [0, 0.05) is 11.6 Å². The fourth-order valence-corrected chi connectivity index (χ4v) is 3.63. The SMILES string of the molecule is NS(=O)(=O)c1cc(C(=O)NC2CCCCCC2)ccc1Cl. The second-order valence-electron chi connectivity index (χ2n) is 5.35. The first-order valence-electron chi connectivity index (χ1n) is 7.01. The third-order valence-electron chi connectivity index (χ3n) is 3.69. The number of amides is 1. The standard InChI is InChI=1S/C14H19ClN2O3S/c15-12-8-7-10(9-13(12)21(16,19)20)14(18)17-11-5-3-1-2-4-6-11/h7-9,11H,1-6H2,(H,17,18)(H2,16,19,20). The molecule has 3 N–H and O–H groups in total. The van der Waals surface area contributed by atoms with Crippen molar-refractivity contribution in [3.05, 3.63) is 28.8 Å². The Morgan fingerprint density at radius 1 is 1.19 bits per heavy atom. The van der Waals surface area contributed by atoms with E-state index >= 15 is 0 Å². The second kappa shape index (κ2) is 6.77. The molecule has 0 aliphatic heterocycles. The summed E-state index contributed by atoms with van der Waals surface area (Å²) in [6.07, 6.45) is 6.52. The van der Waals surface area contributed by atoms with Crippen LogP contribution in [0.15, 0.2) is 23.1 Å². The van der Waals surface area contributed by atoms with Crippen molar-refractivity contribution in [2.45, 2.75) is 49.5 Å². The van der Waals surface area contributed by atoms with Crippen LogP contribution in [0.5, 0.6) is 0 Å². The van der Waals surface area contributed by atoms with E-state index in [0.29, 0.717) is 0 Å². The Labute approximate surface area is 129 Å². The molecule has 0 saturated heterocycles. The number of primary sulfonamides is 1. The quantitative estimate of drug-likeness (QED) is 0.834. The molecule has 1 fully saturated rings. The zero-order chi connectivity index (χ0) is 15.5. The first-order valence-corrected chi connectivity index (χ1v) is 8.93. The Balaban J connectivity index is 2.16. The van der Waals surface area contributed by atoms with Gasteiger partial charge in [-0.25, -0.2) is 13.6 Å². The van der Waals surface area contributed by atoms with Crippen molar-refractivity contribution in [2.75, 3.05) is 0 Å². The second-order valence-corrected chi connectivity index (χ2v) is 7.29. The van der Waals surface area contributed by atoms with Crippen LogP contribution in [0.25, 0.3) is 0 Å². The molecule has 5 nitrogen and oxygen atoms in total. The van der Waals surface area contributed by atoms with E-state index in [9.17, 15) is 13.2 Å². The van der Waals surface area contributed by atoms with Crippen LogP contribution in [0.2, 0.25) is 5.02 Å². The van der Waals surface area contributed by atoms with Gasteiger partial charge in [0.15, 0.2) is 0 Å². The molecule has 0 unspecified atom stereocenters. The molecule has 1 aromatic carbocycles. The Bertz CT molecular complexity index is 623. The molecule has 1 saturated carbocycles. The maximum absolute atomic E-state index is 12.2. The first-order chi connectivity index (χ1) is 9.88. The van der Waals surface area contributed by atoms with Gasteiger partial charge in [0.1, 0.15) is 4.90 Å². The molecule has 1 aromatic rings. The lowest BCUT2D eigenvalue weighted by molar-refractivity contribution is 0.0933. The fraction of sp³-hybridized carbons (Fsp3) is 0.500. The van der Waals surface area contributed by atoms with Crippen molar-refractivity contribution in [1.29, 1.82) is 0 Å². The van der Waals surface area contributed by atoms with Crippen molar-refractivity contribution < 1.29 is 13.2 Å². The van der Waals surface area contributed by atoms with Gasteiger partial charge in [-0.3, -0.25) is 4.79 Å². The van der Waals surface area contributed by atoms with Crippen LogP contribution in [0, 0.1) is 0 Å². The molecule has 0 bridgehead atoms. The highest BCUT2D eigenvalue weighted by molar-refractivity contribution is 7.89. The maximum Gasteiger partial charge on any atom is 0.251 e. The molecule has 1 amide bonds. The molecule has 1 aliphatic rings. The van der Waals surface area contributed by atoms with E-state index in [2.05, 4.69) is 5.32 Å². The lowest BCUT2D eigenvalue weighted by Crippen LogP contribution is -2.34. The molecule has 7 heteroatoms. The van der Waals surface area contributed by atoms with Crippen LogP contribution in [0.3, 0.4) is 0 Å². The molecule has 1 aliphatic carbocycles. The number of rotatable bonds is 3. The summed E-state index contributed by atoms with van der Waals surface area (Å²) >= 11 is 5.81. The molecule has 0 atom stereocenters.